The number of nitrogens with one attached hydrogen (secondary N) is 1. The van der Waals surface area contributed by atoms with Crippen LogP contribution in [0.4, 0.5) is 23.2 Å². The molecule has 0 radical (unpaired) electrons. The van der Waals surface area contributed by atoms with Gasteiger partial charge < -0.3 is 10.1 Å². The number of halogens is 4. The lowest BCUT2D eigenvalue weighted by molar-refractivity contribution is -0.141. The average molecular weight is 437 g/mol. The first-order valence-corrected chi connectivity index (χ1v) is 9.52. The van der Waals surface area contributed by atoms with Crippen molar-refractivity contribution in [1.29, 1.82) is 0 Å². The van der Waals surface area contributed by atoms with Gasteiger partial charge in [0.2, 0.25) is 5.91 Å². The van der Waals surface area contributed by atoms with E-state index in [1.165, 1.54) is 19.2 Å². The largest absolute Gasteiger partial charge is 0.497 e. The third-order valence-electron chi connectivity index (χ3n) is 3.84. The van der Waals surface area contributed by atoms with Gasteiger partial charge in [-0.25, -0.2) is 14.4 Å². The summed E-state index contributed by atoms with van der Waals surface area (Å²) in [5.41, 5.74) is -0.350. The van der Waals surface area contributed by atoms with Gasteiger partial charge in [-0.2, -0.15) is 13.2 Å². The second-order valence-corrected chi connectivity index (χ2v) is 6.93. The Bertz CT molecular complexity index is 1030. The van der Waals surface area contributed by atoms with Crippen molar-refractivity contribution in [3.05, 3.63) is 66.1 Å². The van der Waals surface area contributed by atoms with Crippen LogP contribution in [0.2, 0.25) is 0 Å². The molecule has 0 spiro atoms. The van der Waals surface area contributed by atoms with Crippen LogP contribution >= 0.6 is 11.8 Å². The van der Waals surface area contributed by atoms with Crippen LogP contribution in [0.1, 0.15) is 5.69 Å². The highest BCUT2D eigenvalue weighted by atomic mass is 32.2. The van der Waals surface area contributed by atoms with Gasteiger partial charge in [0, 0.05) is 11.3 Å². The van der Waals surface area contributed by atoms with Crippen molar-refractivity contribution in [2.24, 2.45) is 0 Å². The molecule has 1 amide bonds. The first-order valence-electron chi connectivity index (χ1n) is 8.53. The smallest absolute Gasteiger partial charge is 0.433 e. The number of hydrogen-bond donors (Lipinski definition) is 1. The lowest BCUT2D eigenvalue weighted by Gasteiger charge is -2.11. The van der Waals surface area contributed by atoms with E-state index in [1.54, 1.807) is 24.3 Å². The number of carbonyl (C=O) groups is 1. The number of anilines is 1. The molecule has 0 saturated heterocycles. The number of alkyl halides is 3. The van der Waals surface area contributed by atoms with E-state index >= 15 is 0 Å². The van der Waals surface area contributed by atoms with Crippen molar-refractivity contribution in [2.45, 2.75) is 11.3 Å². The zero-order chi connectivity index (χ0) is 21.7. The molecule has 1 N–H and O–H groups in total. The number of carbonyl (C=O) groups excluding carboxylic acids is 1. The second kappa shape index (κ2) is 9.12. The van der Waals surface area contributed by atoms with Gasteiger partial charge in [0.05, 0.1) is 18.6 Å². The lowest BCUT2D eigenvalue weighted by Crippen LogP contribution is -2.15. The molecule has 10 heteroatoms. The molecule has 0 bridgehead atoms. The van der Waals surface area contributed by atoms with Crippen LogP contribution in [0.3, 0.4) is 0 Å². The van der Waals surface area contributed by atoms with E-state index in [9.17, 15) is 22.4 Å². The Labute approximate surface area is 173 Å². The third kappa shape index (κ3) is 5.69. The van der Waals surface area contributed by atoms with Gasteiger partial charge in [-0.3, -0.25) is 4.79 Å². The van der Waals surface area contributed by atoms with Crippen molar-refractivity contribution in [3.8, 4) is 17.0 Å². The van der Waals surface area contributed by atoms with Gasteiger partial charge in [0.1, 0.15) is 17.3 Å². The van der Waals surface area contributed by atoms with Crippen molar-refractivity contribution in [2.75, 3.05) is 18.2 Å². The Kier molecular flexibility index (Phi) is 6.56. The summed E-state index contributed by atoms with van der Waals surface area (Å²) in [6, 6.07) is 12.3. The molecule has 1 aromatic heterocycles. The van der Waals surface area contributed by atoms with E-state index in [4.69, 9.17) is 4.74 Å². The molecule has 0 fully saturated rings. The number of rotatable bonds is 6. The number of methoxy groups -OCH3 is 1. The quantitative estimate of drug-likeness (QED) is 0.333. The minimum Gasteiger partial charge on any atom is -0.497 e. The Balaban J connectivity index is 1.76. The topological polar surface area (TPSA) is 64.1 Å². The van der Waals surface area contributed by atoms with Gasteiger partial charge in [-0.05, 0) is 54.6 Å². The third-order valence-corrected chi connectivity index (χ3v) is 4.69. The first-order chi connectivity index (χ1) is 14.2. The van der Waals surface area contributed by atoms with E-state index in [-0.39, 0.29) is 16.6 Å². The second-order valence-electron chi connectivity index (χ2n) is 5.99. The summed E-state index contributed by atoms with van der Waals surface area (Å²) in [7, 11) is 1.51. The molecular formula is C20H15F4N3O2S. The Hall–Kier alpha value is -3.14. The average Bonchev–Trinajstić information content (AvgIpc) is 2.72. The molecule has 2 aromatic carbocycles. The fraction of sp³-hybridized carbons (Fsp3) is 0.150. The van der Waals surface area contributed by atoms with E-state index in [0.29, 0.717) is 17.0 Å². The maximum Gasteiger partial charge on any atom is 0.433 e. The highest BCUT2D eigenvalue weighted by Crippen LogP contribution is 2.32. The molecule has 0 aliphatic carbocycles. The zero-order valence-electron chi connectivity index (χ0n) is 15.5. The maximum atomic E-state index is 13.2. The number of nitrogens with zero attached hydrogens (tertiary/aromatic N) is 2. The highest BCUT2D eigenvalue weighted by molar-refractivity contribution is 7.99. The predicted octanol–water partition coefficient (Wildman–Crippen LogP) is 5.04. The number of benzene rings is 2. The standard InChI is InChI=1S/C20H15F4N3O2S/c1-29-15-8-6-14(7-9-15)25-18(28)11-30-19-26-16(10-17(27-19)20(22,23)24)12-2-4-13(21)5-3-12/h2-10H,11H2,1H3,(H,25,28). The van der Waals surface area contributed by atoms with E-state index in [1.807, 2.05) is 0 Å². The molecule has 0 saturated carbocycles. The molecule has 3 aromatic rings. The van der Waals surface area contributed by atoms with Crippen LogP contribution < -0.4 is 10.1 Å². The number of thioether (sulfide) groups is 1. The SMILES string of the molecule is COc1ccc(NC(=O)CSc2nc(-c3ccc(F)cc3)cc(C(F)(F)F)n2)cc1. The number of aromatic nitrogens is 2. The molecule has 0 aliphatic heterocycles. The van der Waals surface area contributed by atoms with Crippen molar-refractivity contribution >= 4 is 23.4 Å². The summed E-state index contributed by atoms with van der Waals surface area (Å²) in [4.78, 5) is 19.7. The Morgan fingerprint density at radius 2 is 1.73 bits per heavy atom. The van der Waals surface area contributed by atoms with E-state index < -0.39 is 23.6 Å². The zero-order valence-corrected chi connectivity index (χ0v) is 16.4. The molecule has 30 heavy (non-hydrogen) atoms. The molecule has 0 atom stereocenters. The summed E-state index contributed by atoms with van der Waals surface area (Å²) in [6.07, 6.45) is -4.70. The van der Waals surface area contributed by atoms with Crippen LogP contribution in [0.5, 0.6) is 5.75 Å². The number of ether oxygens (including phenoxy) is 1. The van der Waals surface area contributed by atoms with Crippen LogP contribution in [-0.4, -0.2) is 28.7 Å². The van der Waals surface area contributed by atoms with Gasteiger partial charge in [-0.15, -0.1) is 0 Å². The minimum atomic E-state index is -4.70. The van der Waals surface area contributed by atoms with Crippen molar-refractivity contribution < 1.29 is 27.1 Å². The molecule has 5 nitrogen and oxygen atoms in total. The summed E-state index contributed by atoms with van der Waals surface area (Å²) in [5, 5.41) is 2.41. The lowest BCUT2D eigenvalue weighted by atomic mass is 10.1. The summed E-state index contributed by atoms with van der Waals surface area (Å²) in [5.74, 6) is -0.535. The predicted molar refractivity (Wildman–Crippen MR) is 105 cm³/mol. The van der Waals surface area contributed by atoms with Crippen LogP contribution in [0, 0.1) is 5.82 Å². The number of hydrogen-bond acceptors (Lipinski definition) is 5. The van der Waals surface area contributed by atoms with Crippen molar-refractivity contribution in [1.82, 2.24) is 9.97 Å². The molecule has 156 valence electrons. The maximum absolute atomic E-state index is 13.2. The number of amides is 1. The normalized spacial score (nSPS) is 11.2. The summed E-state index contributed by atoms with van der Waals surface area (Å²) >= 11 is 0.765. The summed E-state index contributed by atoms with van der Waals surface area (Å²) < 4.78 is 57.8. The van der Waals surface area contributed by atoms with Crippen LogP contribution in [0.15, 0.2) is 59.8 Å². The molecule has 0 aliphatic rings. The molecule has 3 rings (SSSR count). The van der Waals surface area contributed by atoms with Gasteiger partial charge in [-0.1, -0.05) is 11.8 Å². The fourth-order valence-electron chi connectivity index (χ4n) is 2.40. The fourth-order valence-corrected chi connectivity index (χ4v) is 3.06. The van der Waals surface area contributed by atoms with E-state index in [2.05, 4.69) is 15.3 Å². The Morgan fingerprint density at radius 1 is 1.07 bits per heavy atom. The molecular weight excluding hydrogens is 422 g/mol. The Morgan fingerprint density at radius 3 is 2.33 bits per heavy atom. The van der Waals surface area contributed by atoms with Gasteiger partial charge in [0.25, 0.3) is 0 Å². The highest BCUT2D eigenvalue weighted by Gasteiger charge is 2.34. The van der Waals surface area contributed by atoms with Gasteiger partial charge >= 0.3 is 6.18 Å². The minimum absolute atomic E-state index is 0.0182. The van der Waals surface area contributed by atoms with Gasteiger partial charge in [0.15, 0.2) is 5.16 Å². The first kappa shape index (κ1) is 21.6. The van der Waals surface area contributed by atoms with Crippen LogP contribution in [-0.2, 0) is 11.0 Å². The van der Waals surface area contributed by atoms with Crippen LogP contribution in [0.25, 0.3) is 11.3 Å². The summed E-state index contributed by atoms with van der Waals surface area (Å²) in [6.45, 7) is 0. The molecule has 1 heterocycles. The molecule has 0 unspecified atom stereocenters. The van der Waals surface area contributed by atoms with Crippen molar-refractivity contribution in [3.63, 3.8) is 0 Å². The van der Waals surface area contributed by atoms with E-state index in [0.717, 1.165) is 30.0 Å². The monoisotopic (exact) mass is 437 g/mol.